The summed E-state index contributed by atoms with van der Waals surface area (Å²) in [5, 5.41) is 17.4. The molecular weight excluding hydrogens is 465 g/mol. The zero-order chi connectivity index (χ0) is 25.4. The van der Waals surface area contributed by atoms with Crippen molar-refractivity contribution in [1.29, 1.82) is 0 Å². The minimum Gasteiger partial charge on any atom is -0.478 e. The van der Waals surface area contributed by atoms with Crippen LogP contribution >= 0.6 is 0 Å². The van der Waals surface area contributed by atoms with Crippen LogP contribution in [0, 0.1) is 0 Å². The molecule has 4 aromatic heterocycles. The smallest absolute Gasteiger partial charge is 0.423 e. The summed E-state index contributed by atoms with van der Waals surface area (Å²) < 4.78 is 48.3. The minimum absolute atomic E-state index is 0.0954. The van der Waals surface area contributed by atoms with Crippen LogP contribution in [0.25, 0.3) is 16.8 Å². The largest absolute Gasteiger partial charge is 0.478 e. The number of hydrogen-bond donors (Lipinski definition) is 2. The molecule has 0 aliphatic rings. The van der Waals surface area contributed by atoms with E-state index in [-0.39, 0.29) is 12.1 Å². The van der Waals surface area contributed by atoms with Crippen molar-refractivity contribution < 1.29 is 27.8 Å². The lowest BCUT2D eigenvalue weighted by atomic mass is 9.96. The lowest BCUT2D eigenvalue weighted by Crippen LogP contribution is -2.42. The first kappa shape index (κ1) is 24.2. The molecule has 0 bridgehead atoms. The lowest BCUT2D eigenvalue weighted by Gasteiger charge is -2.26. The number of fused-ring (bicyclic) bond motifs is 1. The average Bonchev–Trinajstić information content (AvgIpc) is 3.43. The number of alkyl halides is 3. The van der Waals surface area contributed by atoms with Crippen molar-refractivity contribution in [3.05, 3.63) is 65.7 Å². The summed E-state index contributed by atoms with van der Waals surface area (Å²) in [6, 6.07) is 8.59. The fourth-order valence-corrected chi connectivity index (χ4v) is 3.84. The maximum absolute atomic E-state index is 13.3. The van der Waals surface area contributed by atoms with Crippen molar-refractivity contribution in [2.45, 2.75) is 38.6 Å². The van der Waals surface area contributed by atoms with Crippen LogP contribution < -0.4 is 10.5 Å². The van der Waals surface area contributed by atoms with Crippen LogP contribution in [0.1, 0.15) is 41.9 Å². The van der Waals surface area contributed by atoms with Crippen LogP contribution in [-0.2, 0) is 12.1 Å². The second-order valence-corrected chi connectivity index (χ2v) is 7.93. The summed E-state index contributed by atoms with van der Waals surface area (Å²) in [4.78, 5) is 16.4. The maximum atomic E-state index is 13.3. The Labute approximate surface area is 198 Å². The number of hydrogen-bond acceptors (Lipinski definition) is 6. The number of nitrogens with zero attached hydrogens (tertiary/aromatic N) is 5. The number of nitrogens with two attached hydrogens (primary N) is 1. The van der Waals surface area contributed by atoms with Gasteiger partial charge in [0.05, 0.1) is 30.6 Å². The zero-order valence-electron chi connectivity index (χ0n) is 19.0. The van der Waals surface area contributed by atoms with E-state index in [1.165, 1.54) is 11.6 Å². The van der Waals surface area contributed by atoms with Crippen LogP contribution in [0.4, 0.5) is 13.2 Å². The molecule has 0 aromatic carbocycles. The highest BCUT2D eigenvalue weighted by Gasteiger charge is 2.55. The molecule has 0 fully saturated rings. The third-order valence-electron chi connectivity index (χ3n) is 5.69. The molecule has 1 atom stereocenters. The Bertz CT molecular complexity index is 1360. The van der Waals surface area contributed by atoms with Gasteiger partial charge in [0.25, 0.3) is 5.91 Å². The van der Waals surface area contributed by atoms with Crippen molar-refractivity contribution in [2.24, 2.45) is 5.73 Å². The lowest BCUT2D eigenvalue weighted by molar-refractivity contribution is -0.269. The first-order valence-electron chi connectivity index (χ1n) is 10.8. The molecule has 4 rings (SSSR count). The van der Waals surface area contributed by atoms with E-state index in [9.17, 15) is 23.1 Å². The Hall–Kier alpha value is -3.93. The van der Waals surface area contributed by atoms with Crippen molar-refractivity contribution in [2.75, 3.05) is 6.61 Å². The molecule has 12 heteroatoms. The van der Waals surface area contributed by atoms with E-state index < -0.39 is 29.8 Å². The van der Waals surface area contributed by atoms with E-state index in [4.69, 9.17) is 10.5 Å². The molecule has 0 aliphatic carbocycles. The van der Waals surface area contributed by atoms with Crippen LogP contribution in [0.2, 0.25) is 0 Å². The Morgan fingerprint density at radius 3 is 2.57 bits per heavy atom. The van der Waals surface area contributed by atoms with Crippen LogP contribution in [0.15, 0.2) is 48.9 Å². The Morgan fingerprint density at radius 1 is 1.20 bits per heavy atom. The van der Waals surface area contributed by atoms with Gasteiger partial charge in [0, 0.05) is 29.5 Å². The molecule has 35 heavy (non-hydrogen) atoms. The Kier molecular flexibility index (Phi) is 6.24. The van der Waals surface area contributed by atoms with E-state index in [0.29, 0.717) is 34.8 Å². The van der Waals surface area contributed by atoms with Crippen LogP contribution in [0.3, 0.4) is 0 Å². The molecule has 184 valence electrons. The van der Waals surface area contributed by atoms with Crippen molar-refractivity contribution in [3.8, 4) is 17.1 Å². The van der Waals surface area contributed by atoms with E-state index in [2.05, 4.69) is 15.3 Å². The normalized spacial score (nSPS) is 13.7. The second-order valence-electron chi connectivity index (χ2n) is 7.93. The quantitative estimate of drug-likeness (QED) is 0.393. The highest BCUT2D eigenvalue weighted by molar-refractivity contribution is 6.01. The number of carbonyl (C=O) groups is 1. The standard InChI is InChI=1S/C23H23F3N6O3/c1-3-22(34,23(24,25)26)18-13-31(30-29-18)12-14-7-8-32-16(9-14)10-17(21(27)33)20(32)15-5-6-19(28-11-15)35-4-2/h5-11,13,34H,3-4,12H2,1-2H3,(H2,27,33). The van der Waals surface area contributed by atoms with Crippen LogP contribution in [0.5, 0.6) is 5.88 Å². The van der Waals surface area contributed by atoms with Gasteiger partial charge in [-0.1, -0.05) is 12.1 Å². The summed E-state index contributed by atoms with van der Waals surface area (Å²) in [5.74, 6) is -0.168. The highest BCUT2D eigenvalue weighted by Crippen LogP contribution is 2.40. The molecule has 0 saturated carbocycles. The number of aromatic nitrogens is 5. The van der Waals surface area contributed by atoms with Gasteiger partial charge in [0.2, 0.25) is 11.5 Å². The first-order chi connectivity index (χ1) is 16.6. The predicted octanol–water partition coefficient (Wildman–Crippen LogP) is 3.30. The third kappa shape index (κ3) is 4.44. The topological polar surface area (TPSA) is 121 Å². The van der Waals surface area contributed by atoms with Gasteiger partial charge >= 0.3 is 6.18 Å². The molecule has 0 spiro atoms. The number of rotatable bonds is 8. The molecule has 1 unspecified atom stereocenters. The minimum atomic E-state index is -4.88. The summed E-state index contributed by atoms with van der Waals surface area (Å²) in [7, 11) is 0. The Balaban J connectivity index is 1.67. The van der Waals surface area contributed by atoms with E-state index in [1.54, 1.807) is 47.1 Å². The van der Waals surface area contributed by atoms with Gasteiger partial charge in [0.15, 0.2) is 0 Å². The molecule has 3 N–H and O–H groups in total. The van der Waals surface area contributed by atoms with Gasteiger partial charge in [-0.25, -0.2) is 9.67 Å². The molecular formula is C23H23F3N6O3. The SMILES string of the molecule is CCOc1ccc(-c2c(C(N)=O)cc3cc(Cn4cc(C(O)(CC)C(F)(F)F)nn4)ccn23)cn1. The fraction of sp³-hybridized carbons (Fsp3) is 0.304. The first-order valence-corrected chi connectivity index (χ1v) is 10.8. The van der Waals surface area contributed by atoms with Gasteiger partial charge in [-0.15, -0.1) is 5.10 Å². The molecule has 0 saturated heterocycles. The monoisotopic (exact) mass is 488 g/mol. The third-order valence-corrected chi connectivity index (χ3v) is 5.69. The van der Waals surface area contributed by atoms with E-state index >= 15 is 0 Å². The average molecular weight is 488 g/mol. The summed E-state index contributed by atoms with van der Waals surface area (Å²) >= 11 is 0. The maximum Gasteiger partial charge on any atom is 0.423 e. The van der Waals surface area contributed by atoms with Gasteiger partial charge in [0.1, 0.15) is 5.69 Å². The van der Waals surface area contributed by atoms with E-state index in [0.717, 1.165) is 6.20 Å². The predicted molar refractivity (Wildman–Crippen MR) is 120 cm³/mol. The number of primary amides is 1. The number of aliphatic hydroxyl groups is 1. The van der Waals surface area contributed by atoms with Crippen molar-refractivity contribution in [1.82, 2.24) is 24.4 Å². The van der Waals surface area contributed by atoms with Gasteiger partial charge in [-0.3, -0.25) is 4.79 Å². The number of carbonyl (C=O) groups excluding carboxylic acids is 1. The zero-order valence-corrected chi connectivity index (χ0v) is 19.0. The summed E-state index contributed by atoms with van der Waals surface area (Å²) in [6.07, 6.45) is -1.10. The number of pyridine rings is 2. The molecule has 1 amide bonds. The van der Waals surface area contributed by atoms with Gasteiger partial charge in [-0.05, 0) is 43.2 Å². The summed E-state index contributed by atoms with van der Waals surface area (Å²) in [5.41, 5.74) is 4.78. The fourth-order valence-electron chi connectivity index (χ4n) is 3.84. The van der Waals surface area contributed by atoms with Crippen LogP contribution in [-0.4, -0.2) is 48.2 Å². The molecule has 4 aromatic rings. The highest BCUT2D eigenvalue weighted by atomic mass is 19.4. The summed E-state index contributed by atoms with van der Waals surface area (Å²) in [6.45, 7) is 3.63. The van der Waals surface area contributed by atoms with E-state index in [1.807, 2.05) is 6.92 Å². The van der Waals surface area contributed by atoms with Gasteiger partial charge < -0.3 is 20.0 Å². The number of amides is 1. The Morgan fingerprint density at radius 2 is 1.97 bits per heavy atom. The van der Waals surface area contributed by atoms with Crippen molar-refractivity contribution in [3.63, 3.8) is 0 Å². The number of halogens is 3. The molecule has 0 radical (unpaired) electrons. The van der Waals surface area contributed by atoms with Gasteiger partial charge in [-0.2, -0.15) is 13.2 Å². The molecule has 9 nitrogen and oxygen atoms in total. The molecule has 0 aliphatic heterocycles. The number of ether oxygens (including phenoxy) is 1. The molecule has 4 heterocycles. The second kappa shape index (κ2) is 9.02. The van der Waals surface area contributed by atoms with Crippen molar-refractivity contribution >= 4 is 11.4 Å².